The Balaban J connectivity index is 0.802. The van der Waals surface area contributed by atoms with E-state index in [0.717, 1.165) is 19.3 Å². The van der Waals surface area contributed by atoms with Gasteiger partial charge < -0.3 is 108 Å². The summed E-state index contributed by atoms with van der Waals surface area (Å²) in [6, 6.07) is 8.53. The number of ether oxygens (including phenoxy) is 12. The highest BCUT2D eigenvalue weighted by Gasteiger charge is 2.77. The van der Waals surface area contributed by atoms with Crippen molar-refractivity contribution in [2.75, 3.05) is 27.4 Å². The van der Waals surface area contributed by atoms with Crippen molar-refractivity contribution < 1.29 is 117 Å². The molecule has 29 unspecified atom stereocenters. The summed E-state index contributed by atoms with van der Waals surface area (Å²) in [7, 11) is 2.87. The number of carbonyl (C=O) groups excluding carboxylic acids is 2. The Hall–Kier alpha value is -2.64. The van der Waals surface area contributed by atoms with E-state index in [0.29, 0.717) is 24.8 Å². The first-order valence-corrected chi connectivity index (χ1v) is 28.4. The number of hydrogen-bond donors (Lipinski definition) is 10. The number of aliphatic hydroxyl groups excluding tert-OH is 8. The van der Waals surface area contributed by atoms with Crippen molar-refractivity contribution in [2.45, 2.75) is 246 Å². The predicted molar refractivity (Wildman–Crippen MR) is 272 cm³/mol. The van der Waals surface area contributed by atoms with E-state index in [4.69, 9.17) is 56.8 Å². The first-order chi connectivity index (χ1) is 37.8. The summed E-state index contributed by atoms with van der Waals surface area (Å²) in [6.45, 7) is 9.20. The minimum absolute atomic E-state index is 0.0575. The summed E-state index contributed by atoms with van der Waals surface area (Å²) in [5, 5.41) is 111. The van der Waals surface area contributed by atoms with Crippen LogP contribution in [0.4, 0.5) is 0 Å². The van der Waals surface area contributed by atoms with Gasteiger partial charge >= 0.3 is 11.9 Å². The maximum Gasteiger partial charge on any atom is 0.338 e. The summed E-state index contributed by atoms with van der Waals surface area (Å²) >= 11 is 0. The number of hydrogen-bond acceptors (Lipinski definition) is 24. The Bertz CT molecular complexity index is 2250. The third kappa shape index (κ3) is 11.0. The van der Waals surface area contributed by atoms with Crippen molar-refractivity contribution >= 4 is 11.9 Å². The fourth-order valence-corrected chi connectivity index (χ4v) is 15.4. The van der Waals surface area contributed by atoms with Crippen molar-refractivity contribution in [3.63, 3.8) is 0 Å². The second kappa shape index (κ2) is 24.4. The van der Waals surface area contributed by atoms with Gasteiger partial charge in [-0.1, -0.05) is 32.0 Å². The fraction of sp³-hybridized carbons (Fsp3) is 0.857. The standard InChI is InChI=1S/C56H86O24/c1-25-46(79-52-45(65)48(70-8)47(26(2)73-52)80-51-44(64)42(62)40(60)36(78-51)24-71-50-43(63)41(61)39(59)35(23-57)77-50)34(69-7)22-38(72-25)76-31-16-17-53(5)30(20-31)14-15-32-33(53)21-37(75-28(4)58)54(6)55(67,18-19-56(32,54)68)27(3)74-49(66)29-12-10-9-11-13-29/h9-13,25-27,30-48,50-52,57,59-65,67-68H,14-24H2,1-8H3. The molecular formula is C56H86O24. The predicted octanol–water partition coefficient (Wildman–Crippen LogP) is -0.287. The van der Waals surface area contributed by atoms with E-state index in [2.05, 4.69) is 6.92 Å². The minimum Gasteiger partial charge on any atom is -0.462 e. The SMILES string of the molecule is COC1CC(OC2CCC3(C)C(CCC4C3CC(OC(C)=O)C3(C)C(O)(C(C)OC(=O)c5ccccc5)CCC43O)C2)OC(C)C1OC1OC(C)C(OC2OC(COC3OC(CO)C(O)C(O)C3O)C(O)C(O)C2O)C(OC)C1O. The van der Waals surface area contributed by atoms with Crippen LogP contribution in [-0.4, -0.2) is 237 Å². The monoisotopic (exact) mass is 1140 g/mol. The summed E-state index contributed by atoms with van der Waals surface area (Å²) in [4.78, 5) is 26.2. The zero-order valence-corrected chi connectivity index (χ0v) is 46.8. The molecule has 24 heteroatoms. The molecule has 24 nitrogen and oxygen atoms in total. The number of aliphatic hydroxyl groups is 10. The van der Waals surface area contributed by atoms with Crippen LogP contribution in [0.15, 0.2) is 30.3 Å². The van der Waals surface area contributed by atoms with Gasteiger partial charge in [0.1, 0.15) is 91.1 Å². The molecular weight excluding hydrogens is 1060 g/mol. The number of rotatable bonds is 16. The van der Waals surface area contributed by atoms with E-state index < -0.39 is 171 Å². The average Bonchev–Trinajstić information content (AvgIpc) is 3.78. The lowest BCUT2D eigenvalue weighted by atomic mass is 9.42. The number of esters is 2. The lowest BCUT2D eigenvalue weighted by Gasteiger charge is -2.66. The van der Waals surface area contributed by atoms with Gasteiger partial charge in [-0.05, 0) is 107 Å². The molecule has 4 saturated heterocycles. The van der Waals surface area contributed by atoms with Crippen LogP contribution in [-0.2, 0) is 61.6 Å². The van der Waals surface area contributed by atoms with Crippen molar-refractivity contribution in [1.29, 1.82) is 0 Å². The minimum atomic E-state index is -1.83. The Labute approximate surface area is 465 Å². The number of methoxy groups -OCH3 is 2. The van der Waals surface area contributed by atoms with Crippen LogP contribution < -0.4 is 0 Å². The van der Waals surface area contributed by atoms with E-state index in [1.807, 2.05) is 6.92 Å². The van der Waals surface area contributed by atoms with Crippen LogP contribution in [0.1, 0.15) is 110 Å². The van der Waals surface area contributed by atoms with Crippen LogP contribution in [0.3, 0.4) is 0 Å². The van der Waals surface area contributed by atoms with E-state index in [9.17, 15) is 60.7 Å². The Morgan fingerprint density at radius 2 is 1.31 bits per heavy atom. The second-order valence-electron chi connectivity index (χ2n) is 24.3. The molecule has 4 aliphatic heterocycles. The third-order valence-corrected chi connectivity index (χ3v) is 20.1. The quantitative estimate of drug-likeness (QED) is 0.0751. The van der Waals surface area contributed by atoms with Gasteiger partial charge in [0.15, 0.2) is 25.2 Å². The molecule has 454 valence electrons. The van der Waals surface area contributed by atoms with Gasteiger partial charge in [0.25, 0.3) is 0 Å². The molecule has 1 aromatic carbocycles. The van der Waals surface area contributed by atoms with Crippen molar-refractivity contribution in [3.05, 3.63) is 35.9 Å². The molecule has 4 heterocycles. The van der Waals surface area contributed by atoms with E-state index >= 15 is 0 Å². The van der Waals surface area contributed by atoms with Crippen molar-refractivity contribution in [3.8, 4) is 0 Å². The Morgan fingerprint density at radius 3 is 1.98 bits per heavy atom. The fourth-order valence-electron chi connectivity index (χ4n) is 15.4. The van der Waals surface area contributed by atoms with Gasteiger partial charge in [-0.15, -0.1) is 0 Å². The number of carbonyl (C=O) groups is 2. The molecule has 0 spiro atoms. The molecule has 29 atom stereocenters. The maximum atomic E-state index is 13.3. The highest BCUT2D eigenvalue weighted by atomic mass is 16.8. The molecule has 1 aromatic rings. The topological polar surface area (TPSA) is 347 Å². The third-order valence-electron chi connectivity index (χ3n) is 20.1. The Morgan fingerprint density at radius 1 is 0.675 bits per heavy atom. The van der Waals surface area contributed by atoms with E-state index in [1.54, 1.807) is 58.2 Å². The normalized spacial score (nSPS) is 49.9. The number of fused-ring (bicyclic) bond motifs is 5. The summed E-state index contributed by atoms with van der Waals surface area (Å²) in [5.41, 5.74) is -4.44. The molecule has 0 aromatic heterocycles. The highest BCUT2D eigenvalue weighted by molar-refractivity contribution is 5.89. The molecule has 8 aliphatic rings. The first-order valence-electron chi connectivity index (χ1n) is 28.4. The molecule has 9 rings (SSSR count). The summed E-state index contributed by atoms with van der Waals surface area (Å²) < 4.78 is 72.6. The molecule has 10 N–H and O–H groups in total. The zero-order valence-electron chi connectivity index (χ0n) is 46.8. The summed E-state index contributed by atoms with van der Waals surface area (Å²) in [5.74, 6) is -1.21. The number of benzene rings is 1. The van der Waals surface area contributed by atoms with Crippen molar-refractivity contribution in [2.24, 2.45) is 28.6 Å². The van der Waals surface area contributed by atoms with Crippen molar-refractivity contribution in [1.82, 2.24) is 0 Å². The Kier molecular flexibility index (Phi) is 18.9. The zero-order chi connectivity index (χ0) is 58.0. The van der Waals surface area contributed by atoms with Gasteiger partial charge in [0, 0.05) is 27.6 Å². The largest absolute Gasteiger partial charge is 0.462 e. The van der Waals surface area contributed by atoms with Crippen LogP contribution >= 0.6 is 0 Å². The van der Waals surface area contributed by atoms with Gasteiger partial charge in [0.2, 0.25) is 0 Å². The van der Waals surface area contributed by atoms with Crippen LogP contribution in [0, 0.1) is 28.6 Å². The van der Waals surface area contributed by atoms with Gasteiger partial charge in [-0.2, -0.15) is 0 Å². The molecule has 4 saturated carbocycles. The van der Waals surface area contributed by atoms with Crippen LogP contribution in [0.25, 0.3) is 0 Å². The molecule has 8 fully saturated rings. The molecule has 0 amide bonds. The first kappa shape index (κ1) is 61.9. The smallest absolute Gasteiger partial charge is 0.338 e. The van der Waals surface area contributed by atoms with Crippen LogP contribution in [0.5, 0.6) is 0 Å². The lowest BCUT2D eigenvalue weighted by Crippen LogP contribution is -2.72. The van der Waals surface area contributed by atoms with E-state index in [1.165, 1.54) is 14.0 Å². The molecule has 80 heavy (non-hydrogen) atoms. The average molecular weight is 1140 g/mol. The molecule has 4 aliphatic carbocycles. The summed E-state index contributed by atoms with van der Waals surface area (Å²) in [6.07, 6.45) is -22.4. The lowest BCUT2D eigenvalue weighted by molar-refractivity contribution is -0.374. The highest BCUT2D eigenvalue weighted by Crippen LogP contribution is 2.71. The van der Waals surface area contributed by atoms with Gasteiger partial charge in [-0.25, -0.2) is 4.79 Å². The van der Waals surface area contributed by atoms with Gasteiger partial charge in [-0.3, -0.25) is 4.79 Å². The molecule has 0 bridgehead atoms. The maximum absolute atomic E-state index is 13.3. The van der Waals surface area contributed by atoms with Crippen LogP contribution in [0.2, 0.25) is 0 Å². The van der Waals surface area contributed by atoms with Gasteiger partial charge in [0.05, 0.1) is 54.2 Å². The second-order valence-corrected chi connectivity index (χ2v) is 24.3. The molecule has 0 radical (unpaired) electrons. The van der Waals surface area contributed by atoms with E-state index in [-0.39, 0.29) is 48.5 Å².